The number of hydrogen-bond donors (Lipinski definition) is 4. The molecule has 3 unspecified atom stereocenters. The number of nitrogens with one attached hydrogen (secondary N) is 3. The van der Waals surface area contributed by atoms with Crippen molar-refractivity contribution in [1.29, 1.82) is 0 Å². The number of ether oxygens (including phenoxy) is 2. The van der Waals surface area contributed by atoms with Crippen molar-refractivity contribution < 1.29 is 19.4 Å². The summed E-state index contributed by atoms with van der Waals surface area (Å²) in [7, 11) is 0. The Morgan fingerprint density at radius 1 is 1.38 bits per heavy atom. The normalized spacial score (nSPS) is 45.0. The summed E-state index contributed by atoms with van der Waals surface area (Å²) in [6.07, 6.45) is 9.01. The van der Waals surface area contributed by atoms with E-state index < -0.39 is 11.4 Å². The average molecular weight is 405 g/mol. The summed E-state index contributed by atoms with van der Waals surface area (Å²) in [5.74, 6) is 0.241. The van der Waals surface area contributed by atoms with E-state index in [1.165, 1.54) is 0 Å². The number of carbonyl (C=O) groups is 1. The fourth-order valence-electron chi connectivity index (χ4n) is 6.37. The molecule has 8 nitrogen and oxygen atoms in total. The standard InChI is InChI=1S/C21H32N4O4/c1-2-29-17-3-5-22-21(25-17,24-16-4-6-28-12-16)19(26)23-18-14-7-13-8-15(18)11-20(27,9-13)10-14/h3,5,13-16,18,22,24,27H,2,4,6-12H2,1H3,(H,23,26)/t13?,14?,15?,16-,18?,20?,21?/m1/s1. The van der Waals surface area contributed by atoms with Crippen LogP contribution in [-0.2, 0) is 14.3 Å². The summed E-state index contributed by atoms with van der Waals surface area (Å²) < 4.78 is 11.1. The van der Waals surface area contributed by atoms with Crippen LogP contribution in [0.5, 0.6) is 0 Å². The molecule has 0 aromatic carbocycles. The molecule has 0 spiro atoms. The van der Waals surface area contributed by atoms with Crippen LogP contribution in [0.15, 0.2) is 17.3 Å². The summed E-state index contributed by atoms with van der Waals surface area (Å²) in [6, 6.07) is 0.141. The van der Waals surface area contributed by atoms with Crippen LogP contribution in [-0.4, -0.2) is 60.2 Å². The Kier molecular flexibility index (Phi) is 4.83. The lowest BCUT2D eigenvalue weighted by Gasteiger charge is -2.58. The minimum atomic E-state index is -1.30. The number of nitrogens with zero attached hydrogens (tertiary/aromatic N) is 1. The fourth-order valence-corrected chi connectivity index (χ4v) is 6.37. The lowest BCUT2D eigenvalue weighted by atomic mass is 9.52. The number of carbonyl (C=O) groups excluding carboxylic acids is 1. The molecule has 4 N–H and O–H groups in total. The second-order valence-corrected chi connectivity index (χ2v) is 9.47. The molecule has 1 saturated heterocycles. The second kappa shape index (κ2) is 7.25. The summed E-state index contributed by atoms with van der Waals surface area (Å²) >= 11 is 0. The van der Waals surface area contributed by atoms with E-state index in [1.54, 1.807) is 12.3 Å². The molecule has 2 aliphatic heterocycles. The molecule has 29 heavy (non-hydrogen) atoms. The van der Waals surface area contributed by atoms with E-state index in [4.69, 9.17) is 9.47 Å². The smallest absolute Gasteiger partial charge is 0.285 e. The van der Waals surface area contributed by atoms with Gasteiger partial charge in [0.15, 0.2) is 0 Å². The molecule has 160 valence electrons. The zero-order valence-corrected chi connectivity index (χ0v) is 17.0. The van der Waals surface area contributed by atoms with E-state index in [9.17, 15) is 9.90 Å². The largest absolute Gasteiger partial charge is 0.478 e. The summed E-state index contributed by atoms with van der Waals surface area (Å²) in [4.78, 5) is 18.2. The zero-order valence-electron chi connectivity index (χ0n) is 17.0. The van der Waals surface area contributed by atoms with E-state index in [-0.39, 0.29) is 18.0 Å². The van der Waals surface area contributed by atoms with Gasteiger partial charge in [-0.25, -0.2) is 0 Å². The van der Waals surface area contributed by atoms with E-state index in [0.29, 0.717) is 43.5 Å². The van der Waals surface area contributed by atoms with Crippen LogP contribution in [0.2, 0.25) is 0 Å². The van der Waals surface area contributed by atoms with Gasteiger partial charge in [-0.05, 0) is 63.2 Å². The van der Waals surface area contributed by atoms with Gasteiger partial charge in [-0.3, -0.25) is 10.1 Å². The number of aliphatic hydroxyl groups is 1. The van der Waals surface area contributed by atoms with Crippen molar-refractivity contribution in [3.63, 3.8) is 0 Å². The molecule has 8 heteroatoms. The molecular weight excluding hydrogens is 372 g/mol. The quantitative estimate of drug-likeness (QED) is 0.536. The number of rotatable bonds is 5. The number of amides is 1. The molecule has 0 aromatic rings. The molecule has 1 amide bonds. The highest BCUT2D eigenvalue weighted by molar-refractivity contribution is 5.95. The van der Waals surface area contributed by atoms with Gasteiger partial charge in [-0.15, -0.1) is 0 Å². The van der Waals surface area contributed by atoms with Gasteiger partial charge >= 0.3 is 0 Å². The van der Waals surface area contributed by atoms with E-state index in [0.717, 1.165) is 38.5 Å². The van der Waals surface area contributed by atoms with Crippen LogP contribution in [0.4, 0.5) is 0 Å². The first-order valence-corrected chi connectivity index (χ1v) is 11.0. The number of aliphatic imine (C=N–C) groups is 1. The molecule has 0 radical (unpaired) electrons. The van der Waals surface area contributed by atoms with Gasteiger partial charge < -0.3 is 25.2 Å². The number of hydrogen-bond acceptors (Lipinski definition) is 7. The van der Waals surface area contributed by atoms with Gasteiger partial charge in [0.1, 0.15) is 0 Å². The van der Waals surface area contributed by atoms with Crippen LogP contribution in [0, 0.1) is 17.8 Å². The first-order chi connectivity index (χ1) is 14.0. The molecule has 4 atom stereocenters. The minimum Gasteiger partial charge on any atom is -0.478 e. The topological polar surface area (TPSA) is 104 Å². The van der Waals surface area contributed by atoms with Gasteiger partial charge in [0.05, 0.1) is 18.8 Å². The highest BCUT2D eigenvalue weighted by Crippen LogP contribution is 2.55. The van der Waals surface area contributed by atoms with Gasteiger partial charge in [-0.2, -0.15) is 4.99 Å². The Bertz CT molecular complexity index is 703. The molecule has 0 aromatic heterocycles. The fraction of sp³-hybridized carbons (Fsp3) is 0.810. The lowest BCUT2D eigenvalue weighted by Crippen LogP contribution is -2.70. The Balaban J connectivity index is 1.36. The molecule has 6 rings (SSSR count). The van der Waals surface area contributed by atoms with Crippen molar-refractivity contribution in [2.75, 3.05) is 19.8 Å². The molecule has 4 bridgehead atoms. The maximum atomic E-state index is 13.6. The van der Waals surface area contributed by atoms with Gasteiger partial charge in [-0.1, -0.05) is 0 Å². The minimum absolute atomic E-state index is 0.0468. The summed E-state index contributed by atoms with van der Waals surface area (Å²) in [5.41, 5.74) is -0.513. The first kappa shape index (κ1) is 19.3. The van der Waals surface area contributed by atoms with Crippen LogP contribution in [0.3, 0.4) is 0 Å². The van der Waals surface area contributed by atoms with Crippen molar-refractivity contribution in [1.82, 2.24) is 16.0 Å². The SMILES string of the molecule is CCOC1=NC(N[C@@H]2CCOC2)(C(=O)NC2C3CC4CC2CC(O)(C4)C3)NC=C1. The van der Waals surface area contributed by atoms with Gasteiger partial charge in [0.25, 0.3) is 11.7 Å². The Morgan fingerprint density at radius 2 is 2.17 bits per heavy atom. The lowest BCUT2D eigenvalue weighted by molar-refractivity contribution is -0.150. The molecule has 4 saturated carbocycles. The Morgan fingerprint density at radius 3 is 2.83 bits per heavy atom. The maximum absolute atomic E-state index is 13.6. The zero-order chi connectivity index (χ0) is 20.1. The van der Waals surface area contributed by atoms with Crippen LogP contribution in [0.1, 0.15) is 45.4 Å². The third kappa shape index (κ3) is 3.55. The van der Waals surface area contributed by atoms with Crippen molar-refractivity contribution >= 4 is 11.8 Å². The van der Waals surface area contributed by atoms with Crippen LogP contribution < -0.4 is 16.0 Å². The molecule has 6 aliphatic rings. The van der Waals surface area contributed by atoms with Gasteiger partial charge in [0.2, 0.25) is 5.90 Å². The van der Waals surface area contributed by atoms with E-state index in [1.807, 2.05) is 6.92 Å². The van der Waals surface area contributed by atoms with Crippen molar-refractivity contribution in [3.05, 3.63) is 12.3 Å². The summed E-state index contributed by atoms with van der Waals surface area (Å²) in [5, 5.41) is 20.7. The first-order valence-electron chi connectivity index (χ1n) is 11.0. The van der Waals surface area contributed by atoms with Crippen molar-refractivity contribution in [2.24, 2.45) is 22.7 Å². The molecular formula is C21H32N4O4. The van der Waals surface area contributed by atoms with E-state index >= 15 is 0 Å². The highest BCUT2D eigenvalue weighted by Gasteiger charge is 2.56. The Hall–Kier alpha value is -1.64. The molecule has 5 fully saturated rings. The predicted molar refractivity (Wildman–Crippen MR) is 107 cm³/mol. The van der Waals surface area contributed by atoms with Crippen LogP contribution >= 0.6 is 0 Å². The maximum Gasteiger partial charge on any atom is 0.285 e. The average Bonchev–Trinajstić information content (AvgIpc) is 3.16. The van der Waals surface area contributed by atoms with E-state index in [2.05, 4.69) is 20.9 Å². The van der Waals surface area contributed by atoms with Crippen LogP contribution in [0.25, 0.3) is 0 Å². The Labute approximate surface area is 171 Å². The monoisotopic (exact) mass is 404 g/mol. The third-order valence-electron chi connectivity index (χ3n) is 7.30. The van der Waals surface area contributed by atoms with Gasteiger partial charge in [0, 0.05) is 31.0 Å². The predicted octanol–water partition coefficient (Wildman–Crippen LogP) is 0.626. The third-order valence-corrected chi connectivity index (χ3v) is 7.30. The summed E-state index contributed by atoms with van der Waals surface area (Å²) in [6.45, 7) is 3.63. The van der Waals surface area contributed by atoms with Crippen molar-refractivity contribution in [2.45, 2.75) is 68.9 Å². The van der Waals surface area contributed by atoms with Crippen molar-refractivity contribution in [3.8, 4) is 0 Å². The molecule has 4 aliphatic carbocycles. The highest BCUT2D eigenvalue weighted by atomic mass is 16.5. The molecule has 2 heterocycles. The second-order valence-electron chi connectivity index (χ2n) is 9.47.